The molecule has 3 aromatic rings. The van der Waals surface area contributed by atoms with E-state index in [4.69, 9.17) is 0 Å². The fourth-order valence-electron chi connectivity index (χ4n) is 3.23. The molecule has 1 aliphatic carbocycles. The average Bonchev–Trinajstić information content (AvgIpc) is 3.23. The van der Waals surface area contributed by atoms with E-state index < -0.39 is 0 Å². The highest BCUT2D eigenvalue weighted by Crippen LogP contribution is 2.36. The number of carbonyl (C=O) groups is 2. The van der Waals surface area contributed by atoms with Crippen LogP contribution in [0.25, 0.3) is 11.4 Å². The lowest BCUT2D eigenvalue weighted by Gasteiger charge is -2.13. The number of aryl methyl sites for hydroxylation is 1. The summed E-state index contributed by atoms with van der Waals surface area (Å²) in [6.45, 7) is 0. The number of benzene rings is 2. The van der Waals surface area contributed by atoms with Crippen molar-refractivity contribution in [3.63, 3.8) is 0 Å². The number of anilines is 1. The van der Waals surface area contributed by atoms with Gasteiger partial charge in [-0.1, -0.05) is 18.2 Å². The minimum atomic E-state index is -0.228. The maximum Gasteiger partial charge on any atom is 0.255 e. The molecule has 0 aliphatic heterocycles. The van der Waals surface area contributed by atoms with Gasteiger partial charge in [-0.25, -0.2) is 9.67 Å². The molecular weight excluding hydrogens is 316 g/mol. The first-order valence-electron chi connectivity index (χ1n) is 8.05. The first-order chi connectivity index (χ1) is 12.1. The van der Waals surface area contributed by atoms with Crippen LogP contribution >= 0.6 is 0 Å². The third-order valence-corrected chi connectivity index (χ3v) is 4.43. The second kappa shape index (κ2) is 5.98. The van der Waals surface area contributed by atoms with Gasteiger partial charge in [-0.05, 0) is 36.2 Å². The fourth-order valence-corrected chi connectivity index (χ4v) is 3.23. The molecule has 1 amide bonds. The molecule has 1 aromatic heterocycles. The minimum Gasteiger partial charge on any atom is -0.321 e. The van der Waals surface area contributed by atoms with Gasteiger partial charge in [0.2, 0.25) is 0 Å². The molecule has 4 rings (SSSR count). The zero-order valence-electron chi connectivity index (χ0n) is 13.7. The smallest absolute Gasteiger partial charge is 0.255 e. The molecule has 124 valence electrons. The molecule has 0 bridgehead atoms. The molecule has 1 aliphatic rings. The Hall–Kier alpha value is -3.28. The number of nitrogens with one attached hydrogen (secondary N) is 1. The van der Waals surface area contributed by atoms with E-state index in [9.17, 15) is 9.59 Å². The first kappa shape index (κ1) is 15.3. The van der Waals surface area contributed by atoms with E-state index >= 15 is 0 Å². The van der Waals surface area contributed by atoms with E-state index in [0.717, 1.165) is 11.1 Å². The van der Waals surface area contributed by atoms with Crippen molar-refractivity contribution < 1.29 is 9.59 Å². The van der Waals surface area contributed by atoms with Crippen LogP contribution in [0, 0.1) is 0 Å². The Morgan fingerprint density at radius 2 is 1.92 bits per heavy atom. The second-order valence-electron chi connectivity index (χ2n) is 5.96. The van der Waals surface area contributed by atoms with Crippen molar-refractivity contribution in [1.82, 2.24) is 14.8 Å². The summed E-state index contributed by atoms with van der Waals surface area (Å²) in [6.07, 6.45) is 2.58. The maximum absolute atomic E-state index is 12.4. The van der Waals surface area contributed by atoms with E-state index in [1.807, 2.05) is 31.3 Å². The largest absolute Gasteiger partial charge is 0.321 e. The molecule has 0 fully saturated rings. The van der Waals surface area contributed by atoms with Gasteiger partial charge < -0.3 is 5.32 Å². The highest BCUT2D eigenvalue weighted by Gasteiger charge is 2.28. The van der Waals surface area contributed by atoms with Crippen molar-refractivity contribution in [2.24, 2.45) is 7.05 Å². The predicted octanol–water partition coefficient (Wildman–Crippen LogP) is 2.86. The average molecular weight is 332 g/mol. The van der Waals surface area contributed by atoms with E-state index in [0.29, 0.717) is 35.5 Å². The lowest BCUT2D eigenvalue weighted by molar-refractivity contribution is 0.0995. The van der Waals surface area contributed by atoms with E-state index in [1.54, 1.807) is 22.9 Å². The summed E-state index contributed by atoms with van der Waals surface area (Å²) in [5, 5.41) is 6.97. The molecule has 0 unspecified atom stereocenters. The Morgan fingerprint density at radius 1 is 1.12 bits per heavy atom. The van der Waals surface area contributed by atoms with Crippen LogP contribution in [0.3, 0.4) is 0 Å². The maximum atomic E-state index is 12.4. The lowest BCUT2D eigenvalue weighted by atomic mass is 10.00. The molecule has 1 N–H and O–H groups in total. The van der Waals surface area contributed by atoms with Gasteiger partial charge in [0.1, 0.15) is 6.33 Å². The van der Waals surface area contributed by atoms with Crippen LogP contribution in [0.4, 0.5) is 5.69 Å². The summed E-state index contributed by atoms with van der Waals surface area (Å²) < 4.78 is 1.68. The summed E-state index contributed by atoms with van der Waals surface area (Å²) in [7, 11) is 1.82. The Morgan fingerprint density at radius 3 is 2.64 bits per heavy atom. The summed E-state index contributed by atoms with van der Waals surface area (Å²) in [5.74, 6) is 0.531. The third kappa shape index (κ3) is 2.61. The molecule has 2 aromatic carbocycles. The highest BCUT2D eigenvalue weighted by atomic mass is 16.1. The lowest BCUT2D eigenvalue weighted by Crippen LogP contribution is -2.14. The molecule has 0 saturated carbocycles. The minimum absolute atomic E-state index is 0.0439. The van der Waals surface area contributed by atoms with Gasteiger partial charge in [0, 0.05) is 30.2 Å². The molecule has 0 spiro atoms. The number of hydrogen-bond acceptors (Lipinski definition) is 4. The summed E-state index contributed by atoms with van der Waals surface area (Å²) in [4.78, 5) is 29.1. The van der Waals surface area contributed by atoms with Crippen LogP contribution in [-0.4, -0.2) is 26.5 Å². The van der Waals surface area contributed by atoms with Gasteiger partial charge in [0.25, 0.3) is 5.91 Å². The number of nitrogens with zero attached hydrogens (tertiary/aromatic N) is 3. The van der Waals surface area contributed by atoms with Crippen LogP contribution in [0.5, 0.6) is 0 Å². The number of hydrogen-bond donors (Lipinski definition) is 1. The monoisotopic (exact) mass is 332 g/mol. The molecular formula is C19H16N4O2. The summed E-state index contributed by atoms with van der Waals surface area (Å²) in [6, 6.07) is 12.6. The van der Waals surface area contributed by atoms with Crippen molar-refractivity contribution in [2.45, 2.75) is 12.8 Å². The van der Waals surface area contributed by atoms with Crippen LogP contribution in [0.2, 0.25) is 0 Å². The Balaban J connectivity index is 1.76. The highest BCUT2D eigenvalue weighted by molar-refractivity contribution is 6.12. The SMILES string of the molecule is Cn1ncnc1-c1ccc(NC(=O)c2ccccc2)c2c1CCC2=O. The zero-order valence-corrected chi connectivity index (χ0v) is 13.7. The van der Waals surface area contributed by atoms with Gasteiger partial charge in [-0.2, -0.15) is 5.10 Å². The van der Waals surface area contributed by atoms with Crippen LogP contribution in [-0.2, 0) is 13.5 Å². The van der Waals surface area contributed by atoms with Crippen LogP contribution in [0.15, 0.2) is 48.8 Å². The molecule has 6 heteroatoms. The van der Waals surface area contributed by atoms with Gasteiger partial charge in [-0.3, -0.25) is 9.59 Å². The number of rotatable bonds is 3. The fraction of sp³-hybridized carbons (Fsp3) is 0.158. The molecule has 1 heterocycles. The van der Waals surface area contributed by atoms with Gasteiger partial charge >= 0.3 is 0 Å². The van der Waals surface area contributed by atoms with Gasteiger partial charge in [-0.15, -0.1) is 0 Å². The number of carbonyl (C=O) groups excluding carboxylic acids is 2. The standard InChI is InChI=1S/C19H16N4O2/c1-23-18(20-11-21-23)14-7-9-15(17-13(14)8-10-16(17)24)22-19(25)12-5-3-2-4-6-12/h2-7,9,11H,8,10H2,1H3,(H,22,25). The first-order valence-corrected chi connectivity index (χ1v) is 8.05. The zero-order chi connectivity index (χ0) is 17.4. The number of fused-ring (bicyclic) bond motifs is 1. The summed E-state index contributed by atoms with van der Waals surface area (Å²) >= 11 is 0. The van der Waals surface area contributed by atoms with Crippen LogP contribution < -0.4 is 5.32 Å². The third-order valence-electron chi connectivity index (χ3n) is 4.43. The number of Topliss-reactive ketones (excluding diaryl/α,β-unsaturated/α-hetero) is 1. The predicted molar refractivity (Wildman–Crippen MR) is 93.5 cm³/mol. The van der Waals surface area contributed by atoms with Crippen molar-refractivity contribution in [2.75, 3.05) is 5.32 Å². The van der Waals surface area contributed by atoms with Gasteiger partial charge in [0.05, 0.1) is 5.69 Å². The van der Waals surface area contributed by atoms with Crippen molar-refractivity contribution >= 4 is 17.4 Å². The molecule has 0 saturated heterocycles. The Kier molecular flexibility index (Phi) is 3.65. The molecule has 0 atom stereocenters. The Bertz CT molecular complexity index is 976. The van der Waals surface area contributed by atoms with Gasteiger partial charge in [0.15, 0.2) is 11.6 Å². The van der Waals surface area contributed by atoms with E-state index in [-0.39, 0.29) is 11.7 Å². The van der Waals surface area contributed by atoms with E-state index in [2.05, 4.69) is 15.4 Å². The van der Waals surface area contributed by atoms with Crippen molar-refractivity contribution in [3.05, 3.63) is 65.5 Å². The quantitative estimate of drug-likeness (QED) is 0.800. The van der Waals surface area contributed by atoms with Crippen LogP contribution in [0.1, 0.15) is 32.7 Å². The number of amides is 1. The normalized spacial score (nSPS) is 12.9. The molecule has 6 nitrogen and oxygen atoms in total. The molecule has 25 heavy (non-hydrogen) atoms. The number of aromatic nitrogens is 3. The van der Waals surface area contributed by atoms with Crippen molar-refractivity contribution in [3.8, 4) is 11.4 Å². The van der Waals surface area contributed by atoms with E-state index in [1.165, 1.54) is 6.33 Å². The van der Waals surface area contributed by atoms with Crippen molar-refractivity contribution in [1.29, 1.82) is 0 Å². The summed E-state index contributed by atoms with van der Waals surface area (Å²) in [5.41, 5.74) is 3.51. The Labute approximate surface area is 144 Å². The number of ketones is 1. The topological polar surface area (TPSA) is 76.9 Å². The second-order valence-corrected chi connectivity index (χ2v) is 5.96. The molecule has 0 radical (unpaired) electrons.